The summed E-state index contributed by atoms with van der Waals surface area (Å²) in [5.41, 5.74) is 5.58. The summed E-state index contributed by atoms with van der Waals surface area (Å²) in [7, 11) is 0. The summed E-state index contributed by atoms with van der Waals surface area (Å²) < 4.78 is 0. The van der Waals surface area contributed by atoms with Crippen LogP contribution < -0.4 is 5.73 Å². The fourth-order valence-corrected chi connectivity index (χ4v) is 2.73. The van der Waals surface area contributed by atoms with Crippen LogP contribution in [0.5, 0.6) is 0 Å². The third-order valence-electron chi connectivity index (χ3n) is 4.04. The van der Waals surface area contributed by atoms with Crippen molar-refractivity contribution in [3.63, 3.8) is 0 Å². The van der Waals surface area contributed by atoms with Crippen LogP contribution >= 0.6 is 0 Å². The molecule has 1 saturated heterocycles. The third kappa shape index (κ3) is 4.66. The standard InChI is InChI=1S/C14H28N2O/c1-3-13(9-10-15)7-8-14(17)16-11-5-4-6-12(16)2/h12-13H,3-11,15H2,1-2H3. The van der Waals surface area contributed by atoms with Crippen molar-refractivity contribution in [3.8, 4) is 0 Å². The van der Waals surface area contributed by atoms with Gasteiger partial charge in [-0.3, -0.25) is 4.79 Å². The Bertz CT molecular complexity index is 230. The largest absolute Gasteiger partial charge is 0.340 e. The van der Waals surface area contributed by atoms with Gasteiger partial charge in [-0.1, -0.05) is 13.3 Å². The Morgan fingerprint density at radius 3 is 2.76 bits per heavy atom. The molecule has 2 N–H and O–H groups in total. The van der Waals surface area contributed by atoms with Crippen molar-refractivity contribution in [1.82, 2.24) is 4.90 Å². The van der Waals surface area contributed by atoms with Crippen molar-refractivity contribution in [1.29, 1.82) is 0 Å². The van der Waals surface area contributed by atoms with Gasteiger partial charge in [0.1, 0.15) is 0 Å². The average Bonchev–Trinajstić information content (AvgIpc) is 2.34. The van der Waals surface area contributed by atoms with Gasteiger partial charge in [-0.25, -0.2) is 0 Å². The van der Waals surface area contributed by atoms with Gasteiger partial charge in [-0.05, 0) is 51.5 Å². The van der Waals surface area contributed by atoms with Gasteiger partial charge < -0.3 is 10.6 Å². The zero-order chi connectivity index (χ0) is 12.7. The van der Waals surface area contributed by atoms with Gasteiger partial charge in [0.2, 0.25) is 5.91 Å². The monoisotopic (exact) mass is 240 g/mol. The number of likely N-dealkylation sites (tertiary alicyclic amines) is 1. The maximum Gasteiger partial charge on any atom is 0.222 e. The molecule has 2 unspecified atom stereocenters. The van der Waals surface area contributed by atoms with E-state index in [-0.39, 0.29) is 0 Å². The normalized spacial score (nSPS) is 22.5. The summed E-state index contributed by atoms with van der Waals surface area (Å²) in [5.74, 6) is 0.983. The van der Waals surface area contributed by atoms with Crippen LogP contribution in [0.25, 0.3) is 0 Å². The molecule has 17 heavy (non-hydrogen) atoms. The van der Waals surface area contributed by atoms with Gasteiger partial charge in [-0.2, -0.15) is 0 Å². The number of rotatable bonds is 6. The Balaban J connectivity index is 2.32. The van der Waals surface area contributed by atoms with E-state index in [4.69, 9.17) is 5.73 Å². The summed E-state index contributed by atoms with van der Waals surface area (Å²) in [6.45, 7) is 6.07. The number of amides is 1. The van der Waals surface area contributed by atoms with E-state index in [0.717, 1.165) is 32.4 Å². The molecule has 1 amide bonds. The van der Waals surface area contributed by atoms with Crippen molar-refractivity contribution in [2.75, 3.05) is 13.1 Å². The van der Waals surface area contributed by atoms with Crippen molar-refractivity contribution in [2.24, 2.45) is 11.7 Å². The van der Waals surface area contributed by atoms with E-state index in [0.29, 0.717) is 24.3 Å². The highest BCUT2D eigenvalue weighted by molar-refractivity contribution is 5.76. The van der Waals surface area contributed by atoms with E-state index in [2.05, 4.69) is 18.7 Å². The lowest BCUT2D eigenvalue weighted by atomic mass is 9.95. The molecule has 2 atom stereocenters. The highest BCUT2D eigenvalue weighted by Gasteiger charge is 2.23. The van der Waals surface area contributed by atoms with Crippen LogP contribution in [0, 0.1) is 5.92 Å². The lowest BCUT2D eigenvalue weighted by Crippen LogP contribution is -2.42. The Morgan fingerprint density at radius 2 is 2.18 bits per heavy atom. The number of hydrogen-bond donors (Lipinski definition) is 1. The lowest BCUT2D eigenvalue weighted by molar-refractivity contribution is -0.134. The van der Waals surface area contributed by atoms with Gasteiger partial charge in [0.25, 0.3) is 0 Å². The molecule has 0 aromatic rings. The topological polar surface area (TPSA) is 46.3 Å². The summed E-state index contributed by atoms with van der Waals surface area (Å²) >= 11 is 0. The van der Waals surface area contributed by atoms with Crippen molar-refractivity contribution in [3.05, 3.63) is 0 Å². The van der Waals surface area contributed by atoms with Crippen molar-refractivity contribution >= 4 is 5.91 Å². The first-order valence-electron chi connectivity index (χ1n) is 7.18. The molecule has 0 aliphatic carbocycles. The molecule has 0 saturated carbocycles. The quantitative estimate of drug-likeness (QED) is 0.775. The molecule has 0 aromatic carbocycles. The number of piperidine rings is 1. The highest BCUT2D eigenvalue weighted by atomic mass is 16.2. The first-order chi connectivity index (χ1) is 8.19. The number of hydrogen-bond acceptors (Lipinski definition) is 2. The molecule has 1 aliphatic heterocycles. The van der Waals surface area contributed by atoms with Gasteiger partial charge >= 0.3 is 0 Å². The predicted octanol–water partition coefficient (Wildman–Crippen LogP) is 2.54. The number of nitrogens with zero attached hydrogens (tertiary/aromatic N) is 1. The molecule has 1 fully saturated rings. The van der Waals surface area contributed by atoms with Crippen LogP contribution in [0.15, 0.2) is 0 Å². The average molecular weight is 240 g/mol. The summed E-state index contributed by atoms with van der Waals surface area (Å²) in [6, 6.07) is 0.450. The Morgan fingerprint density at radius 1 is 1.41 bits per heavy atom. The molecule has 0 spiro atoms. The molecule has 0 aromatic heterocycles. The predicted molar refractivity (Wildman–Crippen MR) is 71.7 cm³/mol. The zero-order valence-electron chi connectivity index (χ0n) is 11.5. The van der Waals surface area contributed by atoms with Crippen molar-refractivity contribution in [2.45, 2.75) is 64.8 Å². The molecule has 1 heterocycles. The minimum atomic E-state index is 0.354. The van der Waals surface area contributed by atoms with E-state index >= 15 is 0 Å². The first-order valence-corrected chi connectivity index (χ1v) is 7.18. The van der Waals surface area contributed by atoms with E-state index in [1.165, 1.54) is 19.3 Å². The molecule has 1 rings (SSSR count). The van der Waals surface area contributed by atoms with Gasteiger partial charge in [0.15, 0.2) is 0 Å². The Kier molecular flexibility index (Phi) is 6.56. The lowest BCUT2D eigenvalue weighted by Gasteiger charge is -2.33. The SMILES string of the molecule is CCC(CCN)CCC(=O)N1CCCCC1C. The van der Waals surface area contributed by atoms with Gasteiger partial charge in [0.05, 0.1) is 0 Å². The summed E-state index contributed by atoms with van der Waals surface area (Å²) in [6.07, 6.45) is 7.54. The molecule has 3 heteroatoms. The minimum Gasteiger partial charge on any atom is -0.340 e. The van der Waals surface area contributed by atoms with Crippen LogP contribution in [0.4, 0.5) is 0 Å². The molecule has 0 bridgehead atoms. The molecule has 0 radical (unpaired) electrons. The second-order valence-corrected chi connectivity index (χ2v) is 5.32. The van der Waals surface area contributed by atoms with Crippen LogP contribution in [-0.2, 0) is 4.79 Å². The fraction of sp³-hybridized carbons (Fsp3) is 0.929. The van der Waals surface area contributed by atoms with Crippen LogP contribution in [0.1, 0.15) is 58.8 Å². The maximum atomic E-state index is 12.1. The van der Waals surface area contributed by atoms with E-state index < -0.39 is 0 Å². The molecular weight excluding hydrogens is 212 g/mol. The van der Waals surface area contributed by atoms with E-state index in [1.54, 1.807) is 0 Å². The van der Waals surface area contributed by atoms with Gasteiger partial charge in [0, 0.05) is 19.0 Å². The smallest absolute Gasteiger partial charge is 0.222 e. The minimum absolute atomic E-state index is 0.354. The third-order valence-corrected chi connectivity index (χ3v) is 4.04. The van der Waals surface area contributed by atoms with E-state index in [9.17, 15) is 4.79 Å². The molecule has 1 aliphatic rings. The van der Waals surface area contributed by atoms with Crippen LogP contribution in [-0.4, -0.2) is 29.9 Å². The van der Waals surface area contributed by atoms with Crippen LogP contribution in [0.3, 0.4) is 0 Å². The maximum absolute atomic E-state index is 12.1. The number of carbonyl (C=O) groups is 1. The van der Waals surface area contributed by atoms with Gasteiger partial charge in [-0.15, -0.1) is 0 Å². The zero-order valence-corrected chi connectivity index (χ0v) is 11.5. The van der Waals surface area contributed by atoms with E-state index in [1.807, 2.05) is 0 Å². The second kappa shape index (κ2) is 7.70. The number of carbonyl (C=O) groups excluding carboxylic acids is 1. The van der Waals surface area contributed by atoms with Crippen LogP contribution in [0.2, 0.25) is 0 Å². The molecule has 3 nitrogen and oxygen atoms in total. The fourth-order valence-electron chi connectivity index (χ4n) is 2.73. The van der Waals surface area contributed by atoms with Crippen molar-refractivity contribution < 1.29 is 4.79 Å². The molecule has 100 valence electrons. The highest BCUT2D eigenvalue weighted by Crippen LogP contribution is 2.20. The second-order valence-electron chi connectivity index (χ2n) is 5.32. The Labute approximate surface area is 106 Å². The summed E-state index contributed by atoms with van der Waals surface area (Å²) in [5, 5.41) is 0. The first kappa shape index (κ1) is 14.5. The molecular formula is C14H28N2O. The summed E-state index contributed by atoms with van der Waals surface area (Å²) in [4.78, 5) is 14.2. The number of nitrogens with two attached hydrogens (primary N) is 1. The Hall–Kier alpha value is -0.570.